The highest BCUT2D eigenvalue weighted by Crippen LogP contribution is 2.47. The molecule has 2 heterocycles. The lowest BCUT2D eigenvalue weighted by molar-refractivity contribution is -0.342. The zero-order valence-electron chi connectivity index (χ0n) is 13.6. The van der Waals surface area contributed by atoms with Gasteiger partial charge in [-0.2, -0.15) is 0 Å². The molecule has 0 aromatic heterocycles. The fraction of sp³-hybridized carbons (Fsp3) is 0.875. The van der Waals surface area contributed by atoms with Crippen LogP contribution in [0.4, 0.5) is 0 Å². The van der Waals surface area contributed by atoms with E-state index in [0.717, 1.165) is 18.4 Å². The summed E-state index contributed by atoms with van der Waals surface area (Å²) in [5.74, 6) is 0.173. The molecule has 2 fully saturated rings. The predicted molar refractivity (Wildman–Crippen MR) is 80.3 cm³/mol. The van der Waals surface area contributed by atoms with E-state index >= 15 is 0 Å². The van der Waals surface area contributed by atoms with E-state index in [2.05, 4.69) is 0 Å². The number of aliphatic hydroxyl groups is 5. The van der Waals surface area contributed by atoms with E-state index in [1.165, 1.54) is 0 Å². The number of fused-ring (bicyclic) bond motifs is 1. The molecular formula is C16H26O8. The van der Waals surface area contributed by atoms with Gasteiger partial charge in [0.05, 0.1) is 12.9 Å². The molecule has 0 bridgehead atoms. The molecular weight excluding hydrogens is 320 g/mol. The second kappa shape index (κ2) is 7.25. The molecule has 0 aromatic rings. The van der Waals surface area contributed by atoms with Crippen molar-refractivity contribution in [3.8, 4) is 0 Å². The maximum Gasteiger partial charge on any atom is 0.205 e. The predicted octanol–water partition coefficient (Wildman–Crippen LogP) is -1.30. The summed E-state index contributed by atoms with van der Waals surface area (Å²) in [5.41, 5.74) is 1.09. The topological polar surface area (TPSA) is 129 Å². The fourth-order valence-electron chi connectivity index (χ4n) is 4.05. The Bertz CT molecular complexity index is 467. The van der Waals surface area contributed by atoms with Crippen molar-refractivity contribution < 1.29 is 39.7 Å². The average Bonchev–Trinajstić information content (AvgIpc) is 3.02. The first-order valence-corrected chi connectivity index (χ1v) is 8.36. The van der Waals surface area contributed by atoms with E-state index < -0.39 is 43.6 Å². The number of hydrogen-bond donors (Lipinski definition) is 5. The van der Waals surface area contributed by atoms with E-state index in [4.69, 9.17) is 14.2 Å². The average molecular weight is 346 g/mol. The SMILES string of the molecule is CC1=CO[C@@H](O[C@@H]2O[C@@H](CO)[C@@H](O)[C@@H](O)[C@@H]2O)[C@H]2[C@@H](CO)CC[C@H]12. The summed E-state index contributed by atoms with van der Waals surface area (Å²) < 4.78 is 16.8. The molecule has 1 aliphatic carbocycles. The maximum atomic E-state index is 10.1. The molecule has 0 amide bonds. The summed E-state index contributed by atoms with van der Waals surface area (Å²) in [6.45, 7) is 1.48. The van der Waals surface area contributed by atoms with E-state index in [0.29, 0.717) is 0 Å². The quantitative estimate of drug-likeness (QED) is 0.425. The van der Waals surface area contributed by atoms with Crippen molar-refractivity contribution in [3.05, 3.63) is 11.8 Å². The molecule has 9 atom stereocenters. The van der Waals surface area contributed by atoms with E-state index in [1.807, 2.05) is 6.92 Å². The minimum Gasteiger partial charge on any atom is -0.472 e. The standard InChI is InChI=1S/C16H26O8/c1-7-6-22-15(11-8(4-17)2-3-9(7)11)24-16-14(21)13(20)12(19)10(5-18)23-16/h6,8-21H,2-5H2,1H3/t8-,9-,10+,11+,12-,13-,14+,15+,16+/m1/s1. The Balaban J connectivity index is 1.74. The van der Waals surface area contributed by atoms with Gasteiger partial charge in [0.2, 0.25) is 6.29 Å². The zero-order valence-corrected chi connectivity index (χ0v) is 13.6. The molecule has 3 rings (SSSR count). The molecule has 5 N–H and O–H groups in total. The number of allylic oxidation sites excluding steroid dienone is 1. The van der Waals surface area contributed by atoms with E-state index in [1.54, 1.807) is 6.26 Å². The van der Waals surface area contributed by atoms with Crippen LogP contribution in [0.2, 0.25) is 0 Å². The van der Waals surface area contributed by atoms with Crippen LogP contribution in [0.5, 0.6) is 0 Å². The molecule has 1 saturated carbocycles. The van der Waals surface area contributed by atoms with Crippen LogP contribution >= 0.6 is 0 Å². The highest BCUT2D eigenvalue weighted by Gasteiger charge is 2.50. The third kappa shape index (κ3) is 3.08. The first-order valence-electron chi connectivity index (χ1n) is 8.36. The highest BCUT2D eigenvalue weighted by molar-refractivity contribution is 5.10. The van der Waals surface area contributed by atoms with Crippen LogP contribution in [0, 0.1) is 17.8 Å². The second-order valence-electron chi connectivity index (χ2n) is 6.90. The van der Waals surface area contributed by atoms with Gasteiger partial charge in [0.15, 0.2) is 6.29 Å². The van der Waals surface area contributed by atoms with Crippen LogP contribution in [0.25, 0.3) is 0 Å². The normalized spacial score (nSPS) is 48.6. The van der Waals surface area contributed by atoms with Gasteiger partial charge >= 0.3 is 0 Å². The highest BCUT2D eigenvalue weighted by atomic mass is 16.8. The van der Waals surface area contributed by atoms with E-state index in [9.17, 15) is 25.5 Å². The summed E-state index contributed by atoms with van der Waals surface area (Å²) in [6, 6.07) is 0. The number of ether oxygens (including phenoxy) is 3. The lowest BCUT2D eigenvalue weighted by Crippen LogP contribution is -2.60. The Morgan fingerprint density at radius 1 is 1.04 bits per heavy atom. The summed E-state index contributed by atoms with van der Waals surface area (Å²) in [6.07, 6.45) is -3.98. The van der Waals surface area contributed by atoms with Gasteiger partial charge < -0.3 is 39.7 Å². The van der Waals surface area contributed by atoms with Crippen molar-refractivity contribution in [2.75, 3.05) is 13.2 Å². The molecule has 1 saturated heterocycles. The van der Waals surface area contributed by atoms with Crippen LogP contribution in [0.3, 0.4) is 0 Å². The molecule has 24 heavy (non-hydrogen) atoms. The van der Waals surface area contributed by atoms with Crippen molar-refractivity contribution in [3.63, 3.8) is 0 Å². The maximum absolute atomic E-state index is 10.1. The van der Waals surface area contributed by atoms with Gasteiger partial charge in [0, 0.05) is 12.5 Å². The number of hydrogen-bond acceptors (Lipinski definition) is 8. The van der Waals surface area contributed by atoms with Crippen LogP contribution in [-0.2, 0) is 14.2 Å². The Labute approximate surface area is 140 Å². The largest absolute Gasteiger partial charge is 0.472 e. The number of rotatable bonds is 4. The minimum atomic E-state index is -1.49. The van der Waals surface area contributed by atoms with Gasteiger partial charge in [0.1, 0.15) is 24.4 Å². The van der Waals surface area contributed by atoms with Crippen LogP contribution < -0.4 is 0 Å². The molecule has 8 nitrogen and oxygen atoms in total. The second-order valence-corrected chi connectivity index (χ2v) is 6.90. The fourth-order valence-corrected chi connectivity index (χ4v) is 4.05. The van der Waals surface area contributed by atoms with E-state index in [-0.39, 0.29) is 24.4 Å². The van der Waals surface area contributed by atoms with Gasteiger partial charge in [-0.15, -0.1) is 0 Å². The molecule has 3 aliphatic rings. The number of aliphatic hydroxyl groups excluding tert-OH is 5. The van der Waals surface area contributed by atoms with Gasteiger partial charge in [-0.05, 0) is 37.2 Å². The lowest BCUT2D eigenvalue weighted by atomic mass is 9.84. The van der Waals surface area contributed by atoms with Crippen molar-refractivity contribution in [1.82, 2.24) is 0 Å². The first kappa shape index (κ1) is 18.1. The van der Waals surface area contributed by atoms with Gasteiger partial charge in [-0.25, -0.2) is 0 Å². The zero-order chi connectivity index (χ0) is 17.4. The molecule has 0 unspecified atom stereocenters. The Kier molecular flexibility index (Phi) is 5.45. The Morgan fingerprint density at radius 2 is 1.79 bits per heavy atom. The van der Waals surface area contributed by atoms with Gasteiger partial charge in [-0.3, -0.25) is 0 Å². The molecule has 2 aliphatic heterocycles. The van der Waals surface area contributed by atoms with Crippen molar-refractivity contribution >= 4 is 0 Å². The molecule has 0 spiro atoms. The smallest absolute Gasteiger partial charge is 0.205 e. The summed E-state index contributed by atoms with van der Waals surface area (Å²) >= 11 is 0. The summed E-state index contributed by atoms with van der Waals surface area (Å²) in [4.78, 5) is 0. The van der Waals surface area contributed by atoms with Crippen molar-refractivity contribution in [2.45, 2.75) is 56.8 Å². The van der Waals surface area contributed by atoms with Gasteiger partial charge in [0.25, 0.3) is 0 Å². The molecule has 0 aromatic carbocycles. The van der Waals surface area contributed by atoms with Crippen molar-refractivity contribution in [1.29, 1.82) is 0 Å². The Morgan fingerprint density at radius 3 is 2.46 bits per heavy atom. The molecule has 0 radical (unpaired) electrons. The third-order valence-electron chi connectivity index (χ3n) is 5.50. The summed E-state index contributed by atoms with van der Waals surface area (Å²) in [7, 11) is 0. The summed E-state index contributed by atoms with van der Waals surface area (Å²) in [5, 5.41) is 48.6. The lowest BCUT2D eigenvalue weighted by Gasteiger charge is -2.43. The van der Waals surface area contributed by atoms with Crippen LogP contribution in [0.15, 0.2) is 11.8 Å². The van der Waals surface area contributed by atoms with Gasteiger partial charge in [-0.1, -0.05) is 0 Å². The third-order valence-corrected chi connectivity index (χ3v) is 5.50. The molecule has 138 valence electrons. The first-order chi connectivity index (χ1) is 11.5. The molecule has 8 heteroatoms. The minimum absolute atomic E-state index is 0.0202. The van der Waals surface area contributed by atoms with Crippen LogP contribution in [0.1, 0.15) is 19.8 Å². The Hall–Kier alpha value is -0.740. The monoisotopic (exact) mass is 346 g/mol. The van der Waals surface area contributed by atoms with Crippen molar-refractivity contribution in [2.24, 2.45) is 17.8 Å². The van der Waals surface area contributed by atoms with Crippen LogP contribution in [-0.4, -0.2) is 75.7 Å².